The number of nitrogens with one attached hydrogen (secondary N) is 2. The first-order chi connectivity index (χ1) is 12.0. The Morgan fingerprint density at radius 2 is 1.88 bits per heavy atom. The van der Waals surface area contributed by atoms with Crippen molar-refractivity contribution >= 4 is 23.2 Å². The Morgan fingerprint density at radius 1 is 1.16 bits per heavy atom. The van der Waals surface area contributed by atoms with Gasteiger partial charge in [-0.1, -0.05) is 24.3 Å². The van der Waals surface area contributed by atoms with E-state index in [1.165, 1.54) is 0 Å². The monoisotopic (exact) mass is 339 g/mol. The van der Waals surface area contributed by atoms with Crippen molar-refractivity contribution in [1.29, 1.82) is 0 Å². The molecule has 1 aliphatic heterocycles. The van der Waals surface area contributed by atoms with E-state index in [0.717, 1.165) is 11.3 Å². The summed E-state index contributed by atoms with van der Waals surface area (Å²) in [5.41, 5.74) is 2.73. The van der Waals surface area contributed by atoms with Crippen LogP contribution in [0.5, 0.6) is 5.75 Å². The zero-order valence-electron chi connectivity index (χ0n) is 14.3. The molecule has 6 heteroatoms. The van der Waals surface area contributed by atoms with Crippen LogP contribution in [0.4, 0.5) is 11.4 Å². The van der Waals surface area contributed by atoms with Crippen LogP contribution in [0.25, 0.3) is 0 Å². The molecular weight excluding hydrogens is 318 g/mol. The highest BCUT2D eigenvalue weighted by Crippen LogP contribution is 2.29. The number of hydrogen-bond donors (Lipinski definition) is 2. The van der Waals surface area contributed by atoms with Crippen LogP contribution in [0.1, 0.15) is 12.0 Å². The number of hydrogen-bond acceptors (Lipinski definition) is 4. The molecular formula is C19H21N3O3. The highest BCUT2D eigenvalue weighted by molar-refractivity contribution is 5.99. The lowest BCUT2D eigenvalue weighted by atomic mass is 10.1. The van der Waals surface area contributed by atoms with E-state index < -0.39 is 6.10 Å². The van der Waals surface area contributed by atoms with Gasteiger partial charge in [-0.3, -0.25) is 9.59 Å². The number of anilines is 2. The average molecular weight is 339 g/mol. The van der Waals surface area contributed by atoms with Gasteiger partial charge in [-0.2, -0.15) is 0 Å². The van der Waals surface area contributed by atoms with Crippen LogP contribution in [-0.2, 0) is 16.1 Å². The van der Waals surface area contributed by atoms with E-state index in [4.69, 9.17) is 4.74 Å². The molecule has 0 unspecified atom stereocenters. The predicted molar refractivity (Wildman–Crippen MR) is 96.7 cm³/mol. The van der Waals surface area contributed by atoms with Gasteiger partial charge in [0.15, 0.2) is 6.10 Å². The summed E-state index contributed by atoms with van der Waals surface area (Å²) in [6.45, 7) is 0.414. The number of para-hydroxylation sites is 2. The van der Waals surface area contributed by atoms with Crippen LogP contribution in [0, 0.1) is 0 Å². The molecule has 2 amide bonds. The summed E-state index contributed by atoms with van der Waals surface area (Å²) >= 11 is 0. The average Bonchev–Trinajstić information content (AvgIpc) is 2.61. The molecule has 0 spiro atoms. The Balaban J connectivity index is 1.53. The Labute approximate surface area is 146 Å². The highest BCUT2D eigenvalue weighted by atomic mass is 16.5. The third kappa shape index (κ3) is 4.09. The van der Waals surface area contributed by atoms with Crippen molar-refractivity contribution in [3.8, 4) is 5.75 Å². The molecule has 0 fully saturated rings. The number of amides is 2. The number of carbonyl (C=O) groups excluding carboxylic acids is 2. The van der Waals surface area contributed by atoms with Gasteiger partial charge in [0.1, 0.15) is 5.75 Å². The summed E-state index contributed by atoms with van der Waals surface area (Å²) in [6, 6.07) is 15.1. The van der Waals surface area contributed by atoms with E-state index in [-0.39, 0.29) is 18.2 Å². The minimum absolute atomic E-state index is 0.0179. The van der Waals surface area contributed by atoms with Gasteiger partial charge in [0.2, 0.25) is 5.91 Å². The SMILES string of the molecule is CN(C)c1ccc(CNC(=O)C[C@H]2Oc3ccccc3NC2=O)cc1. The summed E-state index contributed by atoms with van der Waals surface area (Å²) in [6.07, 6.45) is -0.832. The van der Waals surface area contributed by atoms with Gasteiger partial charge in [0.05, 0.1) is 12.1 Å². The topological polar surface area (TPSA) is 70.7 Å². The molecule has 1 aliphatic rings. The summed E-state index contributed by atoms with van der Waals surface area (Å²) in [7, 11) is 3.95. The number of rotatable bonds is 5. The molecule has 3 rings (SSSR count). The maximum Gasteiger partial charge on any atom is 0.266 e. The standard InChI is InChI=1S/C19H21N3O3/c1-22(2)14-9-7-13(8-10-14)12-20-18(23)11-17-19(24)21-15-5-3-4-6-16(15)25-17/h3-10,17H,11-12H2,1-2H3,(H,20,23)(H,21,24)/t17-/m1/s1. The number of carbonyl (C=O) groups is 2. The fourth-order valence-corrected chi connectivity index (χ4v) is 2.58. The smallest absolute Gasteiger partial charge is 0.266 e. The first-order valence-corrected chi connectivity index (χ1v) is 8.12. The van der Waals surface area contributed by atoms with Gasteiger partial charge < -0.3 is 20.3 Å². The molecule has 130 valence electrons. The zero-order chi connectivity index (χ0) is 17.8. The van der Waals surface area contributed by atoms with Crippen LogP contribution in [-0.4, -0.2) is 32.0 Å². The largest absolute Gasteiger partial charge is 0.478 e. The lowest BCUT2D eigenvalue weighted by molar-refractivity contribution is -0.130. The number of nitrogens with zero attached hydrogens (tertiary/aromatic N) is 1. The van der Waals surface area contributed by atoms with Crippen molar-refractivity contribution in [2.24, 2.45) is 0 Å². The second-order valence-corrected chi connectivity index (χ2v) is 6.13. The van der Waals surface area contributed by atoms with Gasteiger partial charge in [0.25, 0.3) is 5.91 Å². The number of fused-ring (bicyclic) bond motifs is 1. The molecule has 2 aromatic rings. The van der Waals surface area contributed by atoms with Crippen LogP contribution in [0.2, 0.25) is 0 Å². The van der Waals surface area contributed by atoms with Crippen molar-refractivity contribution in [2.45, 2.75) is 19.1 Å². The van der Waals surface area contributed by atoms with Gasteiger partial charge in [-0.15, -0.1) is 0 Å². The Hall–Kier alpha value is -3.02. The third-order valence-corrected chi connectivity index (χ3v) is 4.02. The molecule has 1 heterocycles. The normalized spacial score (nSPS) is 15.6. The molecule has 6 nitrogen and oxygen atoms in total. The van der Waals surface area contributed by atoms with Crippen LogP contribution >= 0.6 is 0 Å². The number of benzene rings is 2. The van der Waals surface area contributed by atoms with Crippen LogP contribution in [0.3, 0.4) is 0 Å². The summed E-state index contributed by atoms with van der Waals surface area (Å²) in [5.74, 6) is 0.0552. The first-order valence-electron chi connectivity index (χ1n) is 8.12. The zero-order valence-corrected chi connectivity index (χ0v) is 14.3. The van der Waals surface area contributed by atoms with Gasteiger partial charge in [-0.05, 0) is 29.8 Å². The Bertz CT molecular complexity index is 772. The molecule has 25 heavy (non-hydrogen) atoms. The predicted octanol–water partition coefficient (Wildman–Crippen LogP) is 2.16. The van der Waals surface area contributed by atoms with Crippen LogP contribution < -0.4 is 20.3 Å². The lowest BCUT2D eigenvalue weighted by Crippen LogP contribution is -2.40. The van der Waals surface area contributed by atoms with Crippen molar-refractivity contribution in [3.05, 3.63) is 54.1 Å². The Morgan fingerprint density at radius 3 is 2.60 bits per heavy atom. The highest BCUT2D eigenvalue weighted by Gasteiger charge is 2.29. The van der Waals surface area contributed by atoms with Crippen LogP contribution in [0.15, 0.2) is 48.5 Å². The molecule has 0 radical (unpaired) electrons. The van der Waals surface area contributed by atoms with Gasteiger partial charge in [0, 0.05) is 26.3 Å². The summed E-state index contributed by atoms with van der Waals surface area (Å²) in [4.78, 5) is 26.2. The second kappa shape index (κ2) is 7.25. The fraction of sp³-hybridized carbons (Fsp3) is 0.263. The molecule has 1 atom stereocenters. The van der Waals surface area contributed by atoms with E-state index in [2.05, 4.69) is 10.6 Å². The van der Waals surface area contributed by atoms with Crippen molar-refractivity contribution in [2.75, 3.05) is 24.3 Å². The third-order valence-electron chi connectivity index (χ3n) is 4.02. The van der Waals surface area contributed by atoms with Crippen molar-refractivity contribution < 1.29 is 14.3 Å². The van der Waals surface area contributed by atoms with E-state index in [0.29, 0.717) is 18.0 Å². The molecule has 2 N–H and O–H groups in total. The molecule has 0 aromatic heterocycles. The second-order valence-electron chi connectivity index (χ2n) is 6.13. The first kappa shape index (κ1) is 16.8. The molecule has 0 aliphatic carbocycles. The van der Waals surface area contributed by atoms with E-state index in [9.17, 15) is 9.59 Å². The molecule has 0 saturated carbocycles. The Kier molecular flexibility index (Phi) is 4.88. The van der Waals surface area contributed by atoms with E-state index >= 15 is 0 Å². The summed E-state index contributed by atoms with van der Waals surface area (Å²) < 4.78 is 5.63. The molecule has 0 saturated heterocycles. The van der Waals surface area contributed by atoms with Crippen molar-refractivity contribution in [1.82, 2.24) is 5.32 Å². The maximum absolute atomic E-state index is 12.1. The van der Waals surface area contributed by atoms with E-state index in [1.54, 1.807) is 12.1 Å². The van der Waals surface area contributed by atoms with Crippen molar-refractivity contribution in [3.63, 3.8) is 0 Å². The maximum atomic E-state index is 12.1. The fourth-order valence-electron chi connectivity index (χ4n) is 2.58. The minimum atomic E-state index is -0.814. The quantitative estimate of drug-likeness (QED) is 0.876. The van der Waals surface area contributed by atoms with Gasteiger partial charge in [-0.25, -0.2) is 0 Å². The minimum Gasteiger partial charge on any atom is -0.478 e. The van der Waals surface area contributed by atoms with E-state index in [1.807, 2.05) is 55.4 Å². The molecule has 0 bridgehead atoms. The molecule has 2 aromatic carbocycles. The summed E-state index contributed by atoms with van der Waals surface area (Å²) in [5, 5.41) is 5.58. The lowest BCUT2D eigenvalue weighted by Gasteiger charge is -2.25. The number of ether oxygens (including phenoxy) is 1. The van der Waals surface area contributed by atoms with Gasteiger partial charge >= 0.3 is 0 Å².